The molecule has 2 heterocycles. The highest BCUT2D eigenvalue weighted by atomic mass is 19.4. The minimum absolute atomic E-state index is 0.153. The van der Waals surface area contributed by atoms with E-state index in [0.717, 1.165) is 0 Å². The van der Waals surface area contributed by atoms with Gasteiger partial charge >= 0.3 is 6.18 Å². The molecule has 2 atom stereocenters. The van der Waals surface area contributed by atoms with Crippen molar-refractivity contribution in [2.45, 2.75) is 64.1 Å². The summed E-state index contributed by atoms with van der Waals surface area (Å²) in [4.78, 5) is 27.9. The summed E-state index contributed by atoms with van der Waals surface area (Å²) in [6.07, 6.45) is -6.89. The van der Waals surface area contributed by atoms with Gasteiger partial charge in [0.25, 0.3) is 5.91 Å². The molecule has 168 valence electrons. The average molecular weight is 440 g/mol. The van der Waals surface area contributed by atoms with E-state index in [1.54, 1.807) is 6.92 Å². The zero-order valence-corrected chi connectivity index (χ0v) is 17.7. The van der Waals surface area contributed by atoms with E-state index in [9.17, 15) is 32.3 Å². The fourth-order valence-corrected chi connectivity index (χ4v) is 4.47. The summed E-state index contributed by atoms with van der Waals surface area (Å²) in [7, 11) is 0. The van der Waals surface area contributed by atoms with Crippen molar-refractivity contribution < 1.29 is 32.3 Å². The topological polar surface area (TPSA) is 78.8 Å². The van der Waals surface area contributed by atoms with Gasteiger partial charge in [0.15, 0.2) is 5.60 Å². The first-order valence-corrected chi connectivity index (χ1v) is 9.85. The van der Waals surface area contributed by atoms with E-state index < -0.39 is 53.6 Å². The molecule has 31 heavy (non-hydrogen) atoms. The van der Waals surface area contributed by atoms with Crippen molar-refractivity contribution in [2.24, 2.45) is 10.9 Å². The highest BCUT2D eigenvalue weighted by Crippen LogP contribution is 2.45. The van der Waals surface area contributed by atoms with Crippen molar-refractivity contribution in [3.63, 3.8) is 0 Å². The van der Waals surface area contributed by atoms with Crippen molar-refractivity contribution in [1.29, 1.82) is 0 Å². The summed E-state index contributed by atoms with van der Waals surface area (Å²) in [5.41, 5.74) is -3.28. The number of aliphatic hydroxyl groups is 1. The minimum atomic E-state index is -5.03. The molecular weight excluding hydrogens is 416 g/mol. The Morgan fingerprint density at radius 2 is 1.87 bits per heavy atom. The zero-order chi connectivity index (χ0) is 23.4. The number of allylic oxidation sites excluding steroid dienone is 1. The summed E-state index contributed by atoms with van der Waals surface area (Å²) in [5, 5.41) is 13.3. The Labute approximate surface area is 177 Å². The van der Waals surface area contributed by atoms with Gasteiger partial charge in [0.05, 0.1) is 11.5 Å². The van der Waals surface area contributed by atoms with Crippen molar-refractivity contribution in [2.75, 3.05) is 0 Å². The molecule has 5 nitrogen and oxygen atoms in total. The predicted octanol–water partition coefficient (Wildman–Crippen LogP) is 3.88. The third-order valence-electron chi connectivity index (χ3n) is 5.98. The van der Waals surface area contributed by atoms with Gasteiger partial charge in [-0.25, -0.2) is 9.38 Å². The number of benzene rings is 1. The summed E-state index contributed by atoms with van der Waals surface area (Å²) in [6.45, 7) is 6.18. The van der Waals surface area contributed by atoms with Crippen LogP contribution >= 0.6 is 0 Å². The Morgan fingerprint density at radius 1 is 1.23 bits per heavy atom. The van der Waals surface area contributed by atoms with Gasteiger partial charge in [-0.2, -0.15) is 13.2 Å². The van der Waals surface area contributed by atoms with Gasteiger partial charge < -0.3 is 10.4 Å². The molecule has 2 N–H and O–H groups in total. The largest absolute Gasteiger partial charge is 0.417 e. The van der Waals surface area contributed by atoms with Crippen LogP contribution in [0.4, 0.5) is 17.6 Å². The third kappa shape index (κ3) is 4.28. The van der Waals surface area contributed by atoms with Gasteiger partial charge in [0.2, 0.25) is 5.91 Å². The van der Waals surface area contributed by atoms with Crippen LogP contribution < -0.4 is 5.32 Å². The van der Waals surface area contributed by atoms with Crippen LogP contribution in [0.25, 0.3) is 0 Å². The Morgan fingerprint density at radius 3 is 2.48 bits per heavy atom. The van der Waals surface area contributed by atoms with E-state index in [2.05, 4.69) is 10.3 Å². The second kappa shape index (κ2) is 7.55. The molecule has 0 fully saturated rings. The number of carbonyl (C=O) groups excluding carboxylic acids is 2. The first kappa shape index (κ1) is 23.1. The number of nitrogens with zero attached hydrogens (tertiary/aromatic N) is 1. The molecule has 2 aliphatic rings. The molecule has 0 aromatic heterocycles. The number of hydrogen-bond donors (Lipinski definition) is 2. The van der Waals surface area contributed by atoms with Crippen LogP contribution in [-0.2, 0) is 15.0 Å². The number of amides is 2. The molecule has 9 heteroatoms. The van der Waals surface area contributed by atoms with Crippen molar-refractivity contribution in [3.8, 4) is 0 Å². The number of rotatable bonds is 5. The molecule has 0 saturated heterocycles. The maximum atomic E-state index is 14.0. The second-order valence-electron chi connectivity index (χ2n) is 8.99. The number of dihydropyridines is 1. The van der Waals surface area contributed by atoms with Gasteiger partial charge in [0.1, 0.15) is 5.82 Å². The van der Waals surface area contributed by atoms with E-state index in [1.165, 1.54) is 39.0 Å². The standard InChI is InChI=1S/C22H24F4N2O3/c1-11-5-6-13(23)7-15(11)20(3,4)10-21(31,22(24,25)26)9-14-8-16-17(19(30)27-14)12(2)18(29)28-16/h5-7,12,31H,8-10H2,1-4H3,(H,28,29). The van der Waals surface area contributed by atoms with Crippen molar-refractivity contribution >= 4 is 17.5 Å². The SMILES string of the molecule is Cc1ccc(F)cc1C(C)(C)CC(O)(CC1=NC(=O)C2=C(C1)NC(=O)C2C)C(F)(F)F. The predicted molar refractivity (Wildman–Crippen MR) is 106 cm³/mol. The number of nitrogens with one attached hydrogen (secondary N) is 1. The van der Waals surface area contributed by atoms with E-state index in [0.29, 0.717) is 11.1 Å². The Balaban J connectivity index is 1.91. The highest BCUT2D eigenvalue weighted by Gasteiger charge is 2.57. The molecule has 3 rings (SSSR count). The summed E-state index contributed by atoms with van der Waals surface area (Å²) in [6, 6.07) is 3.86. The van der Waals surface area contributed by atoms with Crippen molar-refractivity contribution in [3.05, 3.63) is 46.4 Å². The summed E-state index contributed by atoms with van der Waals surface area (Å²) < 4.78 is 55.9. The fourth-order valence-electron chi connectivity index (χ4n) is 4.47. The zero-order valence-electron chi connectivity index (χ0n) is 17.7. The number of aryl methyl sites for hydroxylation is 1. The first-order chi connectivity index (χ1) is 14.1. The molecule has 2 amide bonds. The van der Waals surface area contributed by atoms with E-state index in [4.69, 9.17) is 0 Å². The van der Waals surface area contributed by atoms with Crippen LogP contribution in [0.15, 0.2) is 34.5 Å². The molecule has 1 aromatic rings. The van der Waals surface area contributed by atoms with Crippen molar-refractivity contribution in [1.82, 2.24) is 5.32 Å². The highest BCUT2D eigenvalue weighted by molar-refractivity contribution is 6.13. The molecule has 0 spiro atoms. The van der Waals surface area contributed by atoms with Gasteiger partial charge in [0, 0.05) is 24.3 Å². The maximum absolute atomic E-state index is 14.0. The quantitative estimate of drug-likeness (QED) is 0.683. The molecule has 1 aromatic carbocycles. The van der Waals surface area contributed by atoms with Crippen LogP contribution in [0, 0.1) is 18.7 Å². The molecule has 0 bridgehead atoms. The Bertz CT molecular complexity index is 1010. The van der Waals surface area contributed by atoms with Crippen LogP contribution in [0.3, 0.4) is 0 Å². The lowest BCUT2D eigenvalue weighted by molar-refractivity contribution is -0.263. The van der Waals surface area contributed by atoms with Gasteiger partial charge in [-0.05, 0) is 48.9 Å². The maximum Gasteiger partial charge on any atom is 0.417 e. The van der Waals surface area contributed by atoms with Crippen LogP contribution in [-0.4, -0.2) is 34.4 Å². The fraction of sp³-hybridized carbons (Fsp3) is 0.500. The lowest BCUT2D eigenvalue weighted by Crippen LogP contribution is -2.51. The number of alkyl halides is 3. The normalized spacial score (nSPS) is 21.6. The minimum Gasteiger partial charge on any atom is -0.380 e. The molecule has 0 saturated carbocycles. The second-order valence-corrected chi connectivity index (χ2v) is 8.99. The molecule has 0 radical (unpaired) electrons. The molecule has 2 aliphatic heterocycles. The van der Waals surface area contributed by atoms with Gasteiger partial charge in [-0.3, -0.25) is 9.59 Å². The smallest absolute Gasteiger partial charge is 0.380 e. The number of halogens is 4. The number of hydrogen-bond acceptors (Lipinski definition) is 3. The third-order valence-corrected chi connectivity index (χ3v) is 5.98. The monoisotopic (exact) mass is 440 g/mol. The van der Waals surface area contributed by atoms with Crippen LogP contribution in [0.5, 0.6) is 0 Å². The van der Waals surface area contributed by atoms with Crippen LogP contribution in [0.1, 0.15) is 51.2 Å². The lowest BCUT2D eigenvalue weighted by atomic mass is 9.72. The van der Waals surface area contributed by atoms with E-state index in [1.807, 2.05) is 0 Å². The molecular formula is C22H24F4N2O3. The van der Waals surface area contributed by atoms with E-state index in [-0.39, 0.29) is 23.4 Å². The summed E-state index contributed by atoms with van der Waals surface area (Å²) >= 11 is 0. The summed E-state index contributed by atoms with van der Waals surface area (Å²) in [5.74, 6) is -2.49. The lowest BCUT2D eigenvalue weighted by Gasteiger charge is -2.39. The number of aliphatic imine (C=N–C) groups is 1. The Hall–Kier alpha value is -2.55. The average Bonchev–Trinajstić information content (AvgIpc) is 2.89. The van der Waals surface area contributed by atoms with Crippen LogP contribution in [0.2, 0.25) is 0 Å². The molecule has 2 unspecified atom stereocenters. The van der Waals surface area contributed by atoms with Gasteiger partial charge in [-0.15, -0.1) is 0 Å². The first-order valence-electron chi connectivity index (χ1n) is 9.85. The molecule has 0 aliphatic carbocycles. The Kier molecular flexibility index (Phi) is 5.63. The van der Waals surface area contributed by atoms with Gasteiger partial charge in [-0.1, -0.05) is 19.9 Å². The number of carbonyl (C=O) groups is 2. The van der Waals surface area contributed by atoms with E-state index >= 15 is 0 Å².